The topological polar surface area (TPSA) is 80.9 Å². The molecule has 0 spiro atoms. The summed E-state index contributed by atoms with van der Waals surface area (Å²) in [5, 5.41) is 38.6. The molecule has 4 N–H and O–H groups in total. The summed E-state index contributed by atoms with van der Waals surface area (Å²) in [6, 6.07) is 0. The maximum Gasteiger partial charge on any atom is 0.0563 e. The van der Waals surface area contributed by atoms with Gasteiger partial charge in [-0.3, -0.25) is 0 Å². The van der Waals surface area contributed by atoms with E-state index in [-0.39, 0.29) is 46.1 Å². The van der Waals surface area contributed by atoms with Crippen LogP contribution in [0.2, 0.25) is 0 Å². The minimum absolute atomic E-state index is 0. The van der Waals surface area contributed by atoms with Crippen LogP contribution in [-0.4, -0.2) is 44.8 Å². The van der Waals surface area contributed by atoms with Crippen molar-refractivity contribution in [3.8, 4) is 0 Å². The molecule has 4 atom stereocenters. The number of hydrogen-bond acceptors (Lipinski definition) is 4. The third kappa shape index (κ3) is 72.9. The zero-order valence-electron chi connectivity index (χ0n) is 50.0. The van der Waals surface area contributed by atoms with Crippen LogP contribution >= 0.6 is 0 Å². The van der Waals surface area contributed by atoms with Gasteiger partial charge in [0.2, 0.25) is 0 Å². The first-order chi connectivity index (χ1) is 32.7. The summed E-state index contributed by atoms with van der Waals surface area (Å²) in [6.07, 6.45) is 58.5. The van der Waals surface area contributed by atoms with Crippen molar-refractivity contribution < 1.29 is 42.1 Å². The van der Waals surface area contributed by atoms with E-state index in [1.165, 1.54) is 257 Å². The third-order valence-electron chi connectivity index (χ3n) is 14.5. The summed E-state index contributed by atoms with van der Waals surface area (Å²) in [4.78, 5) is 0. The van der Waals surface area contributed by atoms with Crippen molar-refractivity contribution >= 4 is 0 Å². The van der Waals surface area contributed by atoms with Gasteiger partial charge in [0.05, 0.1) is 24.4 Å². The van der Waals surface area contributed by atoms with E-state index in [0.29, 0.717) is 23.7 Å². The molecule has 5 heteroatoms. The molecule has 69 heavy (non-hydrogen) atoms. The third-order valence-corrected chi connectivity index (χ3v) is 14.5. The molecule has 4 nitrogen and oxygen atoms in total. The van der Waals surface area contributed by atoms with Gasteiger partial charge in [0.25, 0.3) is 0 Å². The quantitative estimate of drug-likeness (QED) is 0.0362. The Kier molecular flexibility index (Phi) is 75.7. The first-order valence-corrected chi connectivity index (χ1v) is 31.4. The van der Waals surface area contributed by atoms with Crippen molar-refractivity contribution in [1.82, 2.24) is 0 Å². The van der Waals surface area contributed by atoms with Crippen molar-refractivity contribution in [3.63, 3.8) is 0 Å². The molecule has 0 aromatic rings. The second-order valence-electron chi connectivity index (χ2n) is 23.1. The molecule has 0 radical (unpaired) electrons. The largest absolute Gasteiger partial charge is 0.393 e. The Morgan fingerprint density at radius 1 is 0.188 bits per heavy atom. The van der Waals surface area contributed by atoms with Crippen molar-refractivity contribution in [3.05, 3.63) is 0 Å². The summed E-state index contributed by atoms with van der Waals surface area (Å²) < 4.78 is 0. The van der Waals surface area contributed by atoms with Crippen molar-refractivity contribution in [2.75, 3.05) is 0 Å². The van der Waals surface area contributed by atoms with E-state index in [4.69, 9.17) is 0 Å². The van der Waals surface area contributed by atoms with Gasteiger partial charge in [-0.15, -0.1) is 0 Å². The fraction of sp³-hybridized carbons (Fsp3) is 1.00. The Hall–Kier alpha value is 0.554. The van der Waals surface area contributed by atoms with Gasteiger partial charge in [-0.2, -0.15) is 0 Å². The number of aliphatic hydroxyl groups excluding tert-OH is 4. The van der Waals surface area contributed by atoms with E-state index in [0.717, 1.165) is 25.7 Å². The zero-order valence-corrected chi connectivity index (χ0v) is 51.6. The molecular formula is C64H136O4Ti. The monoisotopic (exact) mass is 1020 g/mol. The van der Waals surface area contributed by atoms with Crippen LogP contribution < -0.4 is 0 Å². The summed E-state index contributed by atoms with van der Waals surface area (Å²) >= 11 is 0. The molecule has 0 saturated heterocycles. The molecule has 0 aliphatic heterocycles. The van der Waals surface area contributed by atoms with Crippen LogP contribution in [0.4, 0.5) is 0 Å². The van der Waals surface area contributed by atoms with Gasteiger partial charge in [-0.1, -0.05) is 340 Å². The molecule has 4 unspecified atom stereocenters. The summed E-state index contributed by atoms with van der Waals surface area (Å²) in [7, 11) is 0. The first kappa shape index (κ1) is 78.4. The summed E-state index contributed by atoms with van der Waals surface area (Å²) in [6.45, 7) is 25.9. The molecule has 0 fully saturated rings. The first-order valence-electron chi connectivity index (χ1n) is 31.4. The minimum atomic E-state index is -0.0796. The van der Waals surface area contributed by atoms with Crippen molar-refractivity contribution in [1.29, 1.82) is 0 Å². The van der Waals surface area contributed by atoms with Crippen LogP contribution in [0.5, 0.6) is 0 Å². The van der Waals surface area contributed by atoms with E-state index in [1.54, 1.807) is 0 Å². The SMILES string of the molecule is CCCCCCCCCCCCC(O)C(C)C.CCCCCCCCCCCCC(O)C(C)C.CCCCCCCCCCCCC(O)C(C)C.CCCCCCCCCCCCC(O)C(C)C.[Ti]. The van der Waals surface area contributed by atoms with Crippen LogP contribution in [0, 0.1) is 23.7 Å². The number of hydrogen-bond donors (Lipinski definition) is 4. The smallest absolute Gasteiger partial charge is 0.0563 e. The molecule has 0 heterocycles. The normalized spacial score (nSPS) is 13.0. The van der Waals surface area contributed by atoms with Crippen LogP contribution in [-0.2, 0) is 21.7 Å². The minimum Gasteiger partial charge on any atom is -0.393 e. The summed E-state index contributed by atoms with van der Waals surface area (Å²) in [5.74, 6) is 1.70. The van der Waals surface area contributed by atoms with Gasteiger partial charge in [0.15, 0.2) is 0 Å². The Bertz CT molecular complexity index is 713. The van der Waals surface area contributed by atoms with Gasteiger partial charge in [0.1, 0.15) is 0 Å². The van der Waals surface area contributed by atoms with Crippen LogP contribution in [0.25, 0.3) is 0 Å². The standard InChI is InChI=1S/4C16H34O.Ti/c4*1-4-5-6-7-8-9-10-11-12-13-14-16(17)15(2)3;/h4*15-17H,4-14H2,1-3H3;. The van der Waals surface area contributed by atoms with E-state index in [1.807, 2.05) is 0 Å². The predicted octanol–water partition coefficient (Wildman–Crippen LogP) is 21.3. The molecule has 0 aromatic heterocycles. The van der Waals surface area contributed by atoms with Gasteiger partial charge < -0.3 is 20.4 Å². The van der Waals surface area contributed by atoms with Gasteiger partial charge >= 0.3 is 0 Å². The molecule has 0 aliphatic rings. The second kappa shape index (κ2) is 66.6. The molecule has 0 amide bonds. The van der Waals surface area contributed by atoms with Crippen molar-refractivity contribution in [2.45, 2.75) is 390 Å². The maximum atomic E-state index is 9.65. The molecular weight excluding hydrogens is 881 g/mol. The van der Waals surface area contributed by atoms with Gasteiger partial charge in [-0.25, -0.2) is 0 Å². The molecule has 0 aromatic carbocycles. The molecule has 0 bridgehead atoms. The zero-order chi connectivity index (χ0) is 51.7. The Morgan fingerprint density at radius 2 is 0.290 bits per heavy atom. The van der Waals surface area contributed by atoms with Crippen LogP contribution in [0.3, 0.4) is 0 Å². The van der Waals surface area contributed by atoms with Gasteiger partial charge in [-0.05, 0) is 49.4 Å². The Morgan fingerprint density at radius 3 is 0.391 bits per heavy atom. The number of unbranched alkanes of at least 4 members (excludes halogenated alkanes) is 36. The van der Waals surface area contributed by atoms with Crippen LogP contribution in [0.15, 0.2) is 0 Å². The Balaban J connectivity index is -0.000000263. The maximum absolute atomic E-state index is 9.65. The number of aliphatic hydroxyl groups is 4. The average Bonchev–Trinajstić information content (AvgIpc) is 3.31. The second-order valence-corrected chi connectivity index (χ2v) is 23.1. The fourth-order valence-electron chi connectivity index (χ4n) is 8.70. The van der Waals surface area contributed by atoms with E-state index in [2.05, 4.69) is 83.1 Å². The average molecular weight is 1020 g/mol. The van der Waals surface area contributed by atoms with Crippen molar-refractivity contribution in [2.24, 2.45) is 23.7 Å². The Labute approximate surface area is 453 Å². The molecule has 0 aliphatic carbocycles. The van der Waals surface area contributed by atoms with Crippen LogP contribution in [0.1, 0.15) is 366 Å². The molecule has 0 saturated carbocycles. The predicted molar refractivity (Wildman–Crippen MR) is 309 cm³/mol. The molecule has 420 valence electrons. The molecule has 0 rings (SSSR count). The van der Waals surface area contributed by atoms with E-state index < -0.39 is 0 Å². The summed E-state index contributed by atoms with van der Waals surface area (Å²) in [5.41, 5.74) is 0. The number of rotatable bonds is 48. The van der Waals surface area contributed by atoms with E-state index >= 15 is 0 Å². The fourth-order valence-corrected chi connectivity index (χ4v) is 8.70. The van der Waals surface area contributed by atoms with E-state index in [9.17, 15) is 20.4 Å². The van der Waals surface area contributed by atoms with Gasteiger partial charge in [0, 0.05) is 21.7 Å².